The summed E-state index contributed by atoms with van der Waals surface area (Å²) < 4.78 is 5.25. The number of amides is 1. The van der Waals surface area contributed by atoms with Crippen LogP contribution in [0.1, 0.15) is 41.5 Å². The van der Waals surface area contributed by atoms with Crippen molar-refractivity contribution in [3.05, 3.63) is 64.7 Å². The summed E-state index contributed by atoms with van der Waals surface area (Å²) in [4.78, 5) is 12.2. The summed E-state index contributed by atoms with van der Waals surface area (Å²) >= 11 is 0. The van der Waals surface area contributed by atoms with E-state index < -0.39 is 0 Å². The molecule has 1 atom stereocenters. The predicted molar refractivity (Wildman–Crippen MR) is 94.9 cm³/mol. The van der Waals surface area contributed by atoms with Gasteiger partial charge in [0.2, 0.25) is 5.91 Å². The Balaban J connectivity index is 1.53. The molecule has 2 aromatic carbocycles. The van der Waals surface area contributed by atoms with Crippen molar-refractivity contribution in [2.24, 2.45) is 0 Å². The first kappa shape index (κ1) is 16.5. The molecular formula is C20H24N2O2. The Morgan fingerprint density at radius 1 is 1.21 bits per heavy atom. The van der Waals surface area contributed by atoms with Gasteiger partial charge in [0.1, 0.15) is 5.75 Å². The largest absolute Gasteiger partial charge is 0.497 e. The van der Waals surface area contributed by atoms with Gasteiger partial charge >= 0.3 is 0 Å². The minimum Gasteiger partial charge on any atom is -0.497 e. The summed E-state index contributed by atoms with van der Waals surface area (Å²) in [5.41, 5.74) is 4.97. The number of rotatable bonds is 6. The van der Waals surface area contributed by atoms with Crippen molar-refractivity contribution < 1.29 is 9.53 Å². The molecule has 2 N–H and O–H groups in total. The molecule has 0 bridgehead atoms. The van der Waals surface area contributed by atoms with Gasteiger partial charge in [0.25, 0.3) is 0 Å². The smallest absolute Gasteiger partial charge is 0.220 e. The summed E-state index contributed by atoms with van der Waals surface area (Å²) in [6, 6.07) is 14.3. The molecule has 0 fully saturated rings. The van der Waals surface area contributed by atoms with Gasteiger partial charge in [-0.3, -0.25) is 4.79 Å². The van der Waals surface area contributed by atoms with Gasteiger partial charge in [0.05, 0.1) is 7.11 Å². The highest BCUT2D eigenvalue weighted by Crippen LogP contribution is 2.23. The van der Waals surface area contributed by atoms with Crippen molar-refractivity contribution in [3.8, 4) is 5.75 Å². The van der Waals surface area contributed by atoms with Gasteiger partial charge in [-0.25, -0.2) is 0 Å². The Morgan fingerprint density at radius 3 is 2.88 bits per heavy atom. The zero-order chi connectivity index (χ0) is 16.9. The molecule has 1 unspecified atom stereocenters. The van der Waals surface area contributed by atoms with E-state index in [4.69, 9.17) is 4.74 Å². The van der Waals surface area contributed by atoms with Crippen LogP contribution in [0.5, 0.6) is 5.75 Å². The van der Waals surface area contributed by atoms with Crippen LogP contribution in [0.2, 0.25) is 0 Å². The number of nitrogens with one attached hydrogen (secondary N) is 2. The van der Waals surface area contributed by atoms with Crippen LogP contribution in [0.4, 0.5) is 0 Å². The van der Waals surface area contributed by atoms with Crippen LogP contribution in [0.3, 0.4) is 0 Å². The van der Waals surface area contributed by atoms with Gasteiger partial charge < -0.3 is 15.4 Å². The van der Waals surface area contributed by atoms with Crippen molar-refractivity contribution in [2.75, 3.05) is 7.11 Å². The summed E-state index contributed by atoms with van der Waals surface area (Å²) in [5, 5.41) is 6.36. The highest BCUT2D eigenvalue weighted by molar-refractivity contribution is 5.76. The fourth-order valence-corrected chi connectivity index (χ4v) is 3.07. The van der Waals surface area contributed by atoms with E-state index in [2.05, 4.69) is 35.8 Å². The van der Waals surface area contributed by atoms with Gasteiger partial charge in [0.15, 0.2) is 0 Å². The van der Waals surface area contributed by atoms with Crippen LogP contribution in [-0.2, 0) is 24.4 Å². The van der Waals surface area contributed by atoms with Crippen LogP contribution in [-0.4, -0.2) is 13.0 Å². The molecule has 3 rings (SSSR count). The third-order valence-electron chi connectivity index (χ3n) is 4.55. The minimum atomic E-state index is 0.0731. The lowest BCUT2D eigenvalue weighted by molar-refractivity contribution is -0.121. The molecule has 0 radical (unpaired) electrons. The first-order chi connectivity index (χ1) is 11.7. The summed E-state index contributed by atoms with van der Waals surface area (Å²) in [5.74, 6) is 1.06. The molecule has 1 amide bonds. The van der Waals surface area contributed by atoms with E-state index in [0.717, 1.165) is 30.0 Å². The number of hydrogen-bond acceptors (Lipinski definition) is 3. The van der Waals surface area contributed by atoms with Gasteiger partial charge in [-0.2, -0.15) is 0 Å². The molecule has 4 heteroatoms. The standard InChI is InChI=1S/C20H24N2O2/c1-14(16-4-3-5-19(10-16)24-2)8-20(23)22-11-15-6-7-17-12-21-13-18(17)9-15/h3-7,9-10,14,21H,8,11-13H2,1-2H3,(H,22,23). The highest BCUT2D eigenvalue weighted by atomic mass is 16.5. The zero-order valence-electron chi connectivity index (χ0n) is 14.3. The molecular weight excluding hydrogens is 300 g/mol. The van der Waals surface area contributed by atoms with Gasteiger partial charge in [-0.05, 0) is 40.3 Å². The molecule has 1 aliphatic heterocycles. The monoisotopic (exact) mass is 324 g/mol. The van der Waals surface area contributed by atoms with E-state index in [1.54, 1.807) is 7.11 Å². The molecule has 126 valence electrons. The van der Waals surface area contributed by atoms with Crippen LogP contribution in [0.25, 0.3) is 0 Å². The average molecular weight is 324 g/mol. The van der Waals surface area contributed by atoms with Crippen LogP contribution in [0, 0.1) is 0 Å². The molecule has 2 aromatic rings. The second-order valence-corrected chi connectivity index (χ2v) is 6.37. The van der Waals surface area contributed by atoms with Crippen molar-refractivity contribution in [1.82, 2.24) is 10.6 Å². The Hall–Kier alpha value is -2.33. The summed E-state index contributed by atoms with van der Waals surface area (Å²) in [7, 11) is 1.66. The van der Waals surface area contributed by atoms with E-state index in [9.17, 15) is 4.79 Å². The number of carbonyl (C=O) groups is 1. The summed E-state index contributed by atoms with van der Waals surface area (Å²) in [6.45, 7) is 4.51. The predicted octanol–water partition coefficient (Wildman–Crippen LogP) is 3.11. The van der Waals surface area contributed by atoms with Gasteiger partial charge in [-0.15, -0.1) is 0 Å². The lowest BCUT2D eigenvalue weighted by Crippen LogP contribution is -2.24. The Bertz CT molecular complexity index is 727. The lowest BCUT2D eigenvalue weighted by atomic mass is 9.97. The quantitative estimate of drug-likeness (QED) is 0.858. The minimum absolute atomic E-state index is 0.0731. The van der Waals surface area contributed by atoms with Crippen molar-refractivity contribution in [2.45, 2.75) is 38.9 Å². The number of hydrogen-bond donors (Lipinski definition) is 2. The second-order valence-electron chi connectivity index (χ2n) is 6.37. The molecule has 1 aliphatic rings. The molecule has 0 saturated carbocycles. The molecule has 0 aromatic heterocycles. The van der Waals surface area contributed by atoms with Crippen molar-refractivity contribution >= 4 is 5.91 Å². The zero-order valence-corrected chi connectivity index (χ0v) is 14.3. The van der Waals surface area contributed by atoms with Gasteiger partial charge in [-0.1, -0.05) is 37.3 Å². The fraction of sp³-hybridized carbons (Fsp3) is 0.350. The maximum Gasteiger partial charge on any atom is 0.220 e. The maximum absolute atomic E-state index is 12.2. The first-order valence-corrected chi connectivity index (χ1v) is 8.38. The molecule has 24 heavy (non-hydrogen) atoms. The highest BCUT2D eigenvalue weighted by Gasteiger charge is 2.13. The molecule has 0 spiro atoms. The van der Waals surface area contributed by atoms with E-state index in [1.807, 2.05) is 24.3 Å². The third kappa shape index (κ3) is 3.95. The second kappa shape index (κ2) is 7.49. The number of ether oxygens (including phenoxy) is 1. The maximum atomic E-state index is 12.2. The van der Waals surface area contributed by atoms with E-state index in [1.165, 1.54) is 11.1 Å². The number of methoxy groups -OCH3 is 1. The molecule has 0 saturated heterocycles. The van der Waals surface area contributed by atoms with E-state index in [0.29, 0.717) is 13.0 Å². The molecule has 4 nitrogen and oxygen atoms in total. The van der Waals surface area contributed by atoms with Crippen molar-refractivity contribution in [1.29, 1.82) is 0 Å². The third-order valence-corrected chi connectivity index (χ3v) is 4.55. The van der Waals surface area contributed by atoms with Crippen molar-refractivity contribution in [3.63, 3.8) is 0 Å². The number of carbonyl (C=O) groups excluding carboxylic acids is 1. The Morgan fingerprint density at radius 2 is 2.04 bits per heavy atom. The average Bonchev–Trinajstić information content (AvgIpc) is 3.07. The molecule has 1 heterocycles. The topological polar surface area (TPSA) is 50.4 Å². The van der Waals surface area contributed by atoms with Gasteiger partial charge in [0, 0.05) is 26.1 Å². The fourth-order valence-electron chi connectivity index (χ4n) is 3.07. The van der Waals surface area contributed by atoms with Crippen LogP contribution >= 0.6 is 0 Å². The Kier molecular flexibility index (Phi) is 5.16. The Labute approximate surface area is 143 Å². The number of fused-ring (bicyclic) bond motifs is 1. The first-order valence-electron chi connectivity index (χ1n) is 8.38. The van der Waals surface area contributed by atoms with Crippen LogP contribution in [0.15, 0.2) is 42.5 Å². The summed E-state index contributed by atoms with van der Waals surface area (Å²) in [6.07, 6.45) is 0.472. The normalized spacial score (nSPS) is 14.1. The lowest BCUT2D eigenvalue weighted by Gasteiger charge is -2.13. The van der Waals surface area contributed by atoms with E-state index >= 15 is 0 Å². The SMILES string of the molecule is COc1cccc(C(C)CC(=O)NCc2ccc3c(c2)CNC3)c1. The van der Waals surface area contributed by atoms with Crippen LogP contribution < -0.4 is 15.4 Å². The molecule has 0 aliphatic carbocycles. The number of benzene rings is 2. The van der Waals surface area contributed by atoms with E-state index in [-0.39, 0.29) is 11.8 Å².